The number of alkyl halides is 1. The standard InChI is InChI=1S/C17H17BrO/c1-12-7-8-15-14-6-3-2-5-13(14)11-16(15)17(12)19-10-4-9-18/h2-3,5-8H,4,9-11H2,1H3. The molecule has 0 saturated heterocycles. The van der Waals surface area contributed by atoms with Crippen LogP contribution in [0.5, 0.6) is 5.75 Å². The highest BCUT2D eigenvalue weighted by atomic mass is 79.9. The van der Waals surface area contributed by atoms with E-state index in [9.17, 15) is 0 Å². The minimum atomic E-state index is 0.777. The molecular weight excluding hydrogens is 300 g/mol. The third-order valence-corrected chi connectivity index (χ3v) is 4.22. The molecule has 0 aliphatic heterocycles. The lowest BCUT2D eigenvalue weighted by Gasteiger charge is -2.13. The summed E-state index contributed by atoms with van der Waals surface area (Å²) in [7, 11) is 0. The summed E-state index contributed by atoms with van der Waals surface area (Å²) in [6.07, 6.45) is 2.03. The lowest BCUT2D eigenvalue weighted by molar-refractivity contribution is 0.314. The van der Waals surface area contributed by atoms with E-state index in [2.05, 4.69) is 59.3 Å². The molecule has 0 spiro atoms. The Labute approximate surface area is 122 Å². The van der Waals surface area contributed by atoms with E-state index < -0.39 is 0 Å². The van der Waals surface area contributed by atoms with Crippen molar-refractivity contribution in [2.75, 3.05) is 11.9 Å². The van der Waals surface area contributed by atoms with Crippen LogP contribution in [0.2, 0.25) is 0 Å². The average Bonchev–Trinajstić information content (AvgIpc) is 2.80. The SMILES string of the molecule is Cc1ccc2c(c1OCCCBr)Cc1ccccc1-2. The van der Waals surface area contributed by atoms with Gasteiger partial charge in [-0.05, 0) is 35.6 Å². The Morgan fingerprint density at radius 1 is 1.11 bits per heavy atom. The van der Waals surface area contributed by atoms with Gasteiger partial charge in [0.1, 0.15) is 5.75 Å². The number of ether oxygens (including phenoxy) is 1. The minimum Gasteiger partial charge on any atom is -0.493 e. The van der Waals surface area contributed by atoms with Gasteiger partial charge in [-0.1, -0.05) is 52.3 Å². The van der Waals surface area contributed by atoms with Crippen LogP contribution in [0.15, 0.2) is 36.4 Å². The molecule has 2 heteroatoms. The predicted molar refractivity (Wildman–Crippen MR) is 83.3 cm³/mol. The quantitative estimate of drug-likeness (QED) is 0.499. The van der Waals surface area contributed by atoms with Gasteiger partial charge in [-0.2, -0.15) is 0 Å². The second kappa shape index (κ2) is 5.38. The van der Waals surface area contributed by atoms with Crippen LogP contribution in [0.1, 0.15) is 23.1 Å². The molecule has 0 aromatic heterocycles. The lowest BCUT2D eigenvalue weighted by atomic mass is 10.0. The molecule has 19 heavy (non-hydrogen) atoms. The highest BCUT2D eigenvalue weighted by molar-refractivity contribution is 9.09. The van der Waals surface area contributed by atoms with Gasteiger partial charge in [-0.3, -0.25) is 0 Å². The summed E-state index contributed by atoms with van der Waals surface area (Å²) in [5, 5.41) is 0.987. The first kappa shape index (κ1) is 12.7. The first-order valence-electron chi connectivity index (χ1n) is 6.71. The van der Waals surface area contributed by atoms with Crippen LogP contribution in [-0.2, 0) is 6.42 Å². The lowest BCUT2D eigenvalue weighted by Crippen LogP contribution is -2.02. The minimum absolute atomic E-state index is 0.777. The van der Waals surface area contributed by atoms with E-state index in [1.807, 2.05) is 0 Å². The fourth-order valence-electron chi connectivity index (χ4n) is 2.73. The van der Waals surface area contributed by atoms with Gasteiger partial charge in [0.05, 0.1) is 6.61 Å². The number of aryl methyl sites for hydroxylation is 1. The van der Waals surface area contributed by atoms with Crippen molar-refractivity contribution in [1.82, 2.24) is 0 Å². The average molecular weight is 317 g/mol. The monoisotopic (exact) mass is 316 g/mol. The maximum atomic E-state index is 6.02. The molecule has 0 atom stereocenters. The Kier molecular flexibility index (Phi) is 3.61. The number of hydrogen-bond acceptors (Lipinski definition) is 1. The van der Waals surface area contributed by atoms with Crippen molar-refractivity contribution in [3.05, 3.63) is 53.1 Å². The van der Waals surface area contributed by atoms with E-state index in [-0.39, 0.29) is 0 Å². The third kappa shape index (κ3) is 2.30. The fraction of sp³-hybridized carbons (Fsp3) is 0.294. The molecule has 1 nitrogen and oxygen atoms in total. The molecule has 0 unspecified atom stereocenters. The first-order chi connectivity index (χ1) is 9.31. The maximum Gasteiger partial charge on any atom is 0.126 e. The van der Waals surface area contributed by atoms with Crippen molar-refractivity contribution < 1.29 is 4.74 Å². The Balaban J connectivity index is 2.00. The molecule has 0 bridgehead atoms. The van der Waals surface area contributed by atoms with Gasteiger partial charge >= 0.3 is 0 Å². The Morgan fingerprint density at radius 3 is 2.79 bits per heavy atom. The number of fused-ring (bicyclic) bond motifs is 3. The topological polar surface area (TPSA) is 9.23 Å². The van der Waals surface area contributed by atoms with Crippen molar-refractivity contribution in [1.29, 1.82) is 0 Å². The zero-order valence-corrected chi connectivity index (χ0v) is 12.7. The van der Waals surface area contributed by atoms with Crippen molar-refractivity contribution in [3.8, 4) is 16.9 Å². The van der Waals surface area contributed by atoms with Crippen LogP contribution in [0.4, 0.5) is 0 Å². The zero-order chi connectivity index (χ0) is 13.2. The van der Waals surface area contributed by atoms with E-state index in [0.29, 0.717) is 0 Å². The van der Waals surface area contributed by atoms with Gasteiger partial charge in [-0.15, -0.1) is 0 Å². The third-order valence-electron chi connectivity index (χ3n) is 3.66. The normalized spacial score (nSPS) is 12.1. The Hall–Kier alpha value is -1.28. The largest absolute Gasteiger partial charge is 0.493 e. The summed E-state index contributed by atoms with van der Waals surface area (Å²) in [6, 6.07) is 13.0. The van der Waals surface area contributed by atoms with Crippen LogP contribution in [0.25, 0.3) is 11.1 Å². The van der Waals surface area contributed by atoms with E-state index in [4.69, 9.17) is 4.74 Å². The summed E-state index contributed by atoms with van der Waals surface area (Å²) in [4.78, 5) is 0. The van der Waals surface area contributed by atoms with Gasteiger partial charge < -0.3 is 4.74 Å². The molecule has 1 aliphatic carbocycles. The molecule has 0 radical (unpaired) electrons. The first-order valence-corrected chi connectivity index (χ1v) is 7.83. The molecule has 3 rings (SSSR count). The summed E-state index contributed by atoms with van der Waals surface area (Å²) < 4.78 is 6.02. The smallest absolute Gasteiger partial charge is 0.126 e. The number of halogens is 1. The fourth-order valence-corrected chi connectivity index (χ4v) is 2.96. The Bertz CT molecular complexity index is 604. The van der Waals surface area contributed by atoms with E-state index in [1.54, 1.807) is 0 Å². The molecule has 0 N–H and O–H groups in total. The molecule has 0 heterocycles. The molecule has 1 aliphatic rings. The summed E-state index contributed by atoms with van der Waals surface area (Å²) in [5.41, 5.74) is 6.71. The second-order valence-electron chi connectivity index (χ2n) is 4.96. The van der Waals surface area contributed by atoms with Gasteiger partial charge in [0, 0.05) is 17.3 Å². The van der Waals surface area contributed by atoms with Crippen LogP contribution >= 0.6 is 15.9 Å². The Morgan fingerprint density at radius 2 is 1.95 bits per heavy atom. The zero-order valence-electron chi connectivity index (χ0n) is 11.1. The van der Waals surface area contributed by atoms with Gasteiger partial charge in [0.15, 0.2) is 0 Å². The molecule has 98 valence electrons. The van der Waals surface area contributed by atoms with Crippen LogP contribution in [-0.4, -0.2) is 11.9 Å². The van der Waals surface area contributed by atoms with Crippen molar-refractivity contribution in [3.63, 3.8) is 0 Å². The van der Waals surface area contributed by atoms with Crippen LogP contribution in [0.3, 0.4) is 0 Å². The van der Waals surface area contributed by atoms with Crippen LogP contribution in [0, 0.1) is 6.92 Å². The van der Waals surface area contributed by atoms with E-state index in [1.165, 1.54) is 27.8 Å². The van der Waals surface area contributed by atoms with E-state index >= 15 is 0 Å². The highest BCUT2D eigenvalue weighted by Crippen LogP contribution is 2.42. The predicted octanol–water partition coefficient (Wildman–Crippen LogP) is 4.73. The van der Waals surface area contributed by atoms with Gasteiger partial charge in [0.25, 0.3) is 0 Å². The summed E-state index contributed by atoms with van der Waals surface area (Å²) in [5.74, 6) is 1.09. The molecule has 2 aromatic carbocycles. The number of rotatable bonds is 4. The van der Waals surface area contributed by atoms with Crippen molar-refractivity contribution >= 4 is 15.9 Å². The number of hydrogen-bond donors (Lipinski definition) is 0. The maximum absolute atomic E-state index is 6.02. The molecule has 2 aromatic rings. The summed E-state index contributed by atoms with van der Waals surface area (Å²) >= 11 is 3.45. The highest BCUT2D eigenvalue weighted by Gasteiger charge is 2.22. The summed E-state index contributed by atoms with van der Waals surface area (Å²) in [6.45, 7) is 2.91. The molecule has 0 fully saturated rings. The second-order valence-corrected chi connectivity index (χ2v) is 5.76. The van der Waals surface area contributed by atoms with Gasteiger partial charge in [-0.25, -0.2) is 0 Å². The number of benzene rings is 2. The van der Waals surface area contributed by atoms with E-state index in [0.717, 1.165) is 30.5 Å². The van der Waals surface area contributed by atoms with Crippen LogP contribution < -0.4 is 4.74 Å². The van der Waals surface area contributed by atoms with Crippen molar-refractivity contribution in [2.24, 2.45) is 0 Å². The van der Waals surface area contributed by atoms with Gasteiger partial charge in [0.2, 0.25) is 0 Å². The molecular formula is C17H17BrO. The molecule has 0 amide bonds. The molecule has 0 saturated carbocycles. The van der Waals surface area contributed by atoms with Crippen molar-refractivity contribution in [2.45, 2.75) is 19.8 Å².